The monoisotopic (exact) mass is 388 g/mol. The van der Waals surface area contributed by atoms with Gasteiger partial charge in [0.25, 0.3) is 0 Å². The molecule has 0 spiro atoms. The molecule has 0 bridgehead atoms. The van der Waals surface area contributed by atoms with Gasteiger partial charge in [-0.3, -0.25) is 4.79 Å². The Balaban J connectivity index is 1.71. The summed E-state index contributed by atoms with van der Waals surface area (Å²) in [6.45, 7) is 2.06. The van der Waals surface area contributed by atoms with Crippen LogP contribution in [0.15, 0.2) is 18.2 Å². The van der Waals surface area contributed by atoms with Crippen LogP contribution in [0.25, 0.3) is 0 Å². The number of thiophene rings is 1. The lowest BCUT2D eigenvalue weighted by Crippen LogP contribution is -2.22. The smallest absolute Gasteiger partial charge is 0.341 e. The predicted molar refractivity (Wildman–Crippen MR) is 107 cm³/mol. The van der Waals surface area contributed by atoms with Gasteiger partial charge in [-0.2, -0.15) is 0 Å². The number of nitrogens with one attached hydrogen (secondary N) is 2. The van der Waals surface area contributed by atoms with Gasteiger partial charge in [-0.15, -0.1) is 11.3 Å². The third-order valence-electron chi connectivity index (χ3n) is 4.69. The number of methoxy groups -OCH3 is 2. The Morgan fingerprint density at radius 2 is 1.96 bits per heavy atom. The maximum absolute atomic E-state index is 12.5. The number of hydrogen-bond donors (Lipinski definition) is 2. The van der Waals surface area contributed by atoms with E-state index < -0.39 is 0 Å². The Morgan fingerprint density at radius 1 is 1.19 bits per heavy atom. The Labute approximate surface area is 162 Å². The molecule has 144 valence electrons. The molecular formula is C20H24N2O4S. The first-order valence-corrected chi connectivity index (χ1v) is 9.76. The first-order valence-electron chi connectivity index (χ1n) is 8.94. The van der Waals surface area contributed by atoms with Gasteiger partial charge in [0.2, 0.25) is 5.91 Å². The van der Waals surface area contributed by atoms with E-state index in [2.05, 4.69) is 10.6 Å². The van der Waals surface area contributed by atoms with Crippen molar-refractivity contribution in [1.82, 2.24) is 0 Å². The highest BCUT2D eigenvalue weighted by atomic mass is 32.1. The van der Waals surface area contributed by atoms with E-state index in [1.807, 2.05) is 25.1 Å². The molecule has 2 N–H and O–H groups in total. The third-order valence-corrected chi connectivity index (χ3v) is 5.89. The molecule has 1 aliphatic carbocycles. The normalized spacial score (nSPS) is 12.9. The molecule has 0 saturated carbocycles. The Morgan fingerprint density at radius 3 is 2.67 bits per heavy atom. The number of amides is 1. The van der Waals surface area contributed by atoms with Crippen molar-refractivity contribution in [3.8, 4) is 5.75 Å². The van der Waals surface area contributed by atoms with E-state index >= 15 is 0 Å². The number of carbonyl (C=O) groups excluding carboxylic acids is 2. The van der Waals surface area contributed by atoms with Crippen molar-refractivity contribution in [1.29, 1.82) is 0 Å². The molecule has 0 atom stereocenters. The fourth-order valence-electron chi connectivity index (χ4n) is 3.28. The molecule has 1 aromatic heterocycles. The first kappa shape index (κ1) is 19.2. The van der Waals surface area contributed by atoms with E-state index in [-0.39, 0.29) is 18.4 Å². The van der Waals surface area contributed by atoms with Gasteiger partial charge in [-0.1, -0.05) is 0 Å². The van der Waals surface area contributed by atoms with E-state index in [0.717, 1.165) is 48.2 Å². The Kier molecular flexibility index (Phi) is 6.01. The average Bonchev–Trinajstić information content (AvgIpc) is 3.04. The number of benzene rings is 1. The molecule has 27 heavy (non-hydrogen) atoms. The minimum absolute atomic E-state index is 0.107. The lowest BCUT2D eigenvalue weighted by molar-refractivity contribution is -0.114. The molecule has 6 nitrogen and oxygen atoms in total. The zero-order valence-electron chi connectivity index (χ0n) is 15.8. The molecule has 0 aliphatic heterocycles. The van der Waals surface area contributed by atoms with Crippen molar-refractivity contribution < 1.29 is 19.1 Å². The second kappa shape index (κ2) is 8.43. The Hall–Kier alpha value is -2.54. The van der Waals surface area contributed by atoms with Gasteiger partial charge in [0, 0.05) is 10.6 Å². The fraction of sp³-hybridized carbons (Fsp3) is 0.400. The second-order valence-corrected chi connectivity index (χ2v) is 7.59. The SMILES string of the molecule is COC(=O)c1c(NC(=O)CNc2ccc(OC)cc2C)sc2c1CCCC2. The molecule has 7 heteroatoms. The van der Waals surface area contributed by atoms with E-state index in [0.29, 0.717) is 10.6 Å². The van der Waals surface area contributed by atoms with Gasteiger partial charge >= 0.3 is 5.97 Å². The number of carbonyl (C=O) groups is 2. The third kappa shape index (κ3) is 4.24. The molecule has 0 saturated heterocycles. The summed E-state index contributed by atoms with van der Waals surface area (Å²) in [5.41, 5.74) is 3.41. The van der Waals surface area contributed by atoms with Crippen LogP contribution in [0.1, 0.15) is 39.2 Å². The summed E-state index contributed by atoms with van der Waals surface area (Å²) in [5, 5.41) is 6.61. The van der Waals surface area contributed by atoms with E-state index in [9.17, 15) is 9.59 Å². The summed E-state index contributed by atoms with van der Waals surface area (Å²) in [4.78, 5) is 25.9. The zero-order chi connectivity index (χ0) is 19.4. The van der Waals surface area contributed by atoms with Crippen LogP contribution in [-0.2, 0) is 22.4 Å². The highest BCUT2D eigenvalue weighted by Gasteiger charge is 2.26. The van der Waals surface area contributed by atoms with Gasteiger partial charge in [-0.05, 0) is 61.9 Å². The van der Waals surface area contributed by atoms with Crippen LogP contribution in [0.2, 0.25) is 0 Å². The van der Waals surface area contributed by atoms with Crippen molar-refractivity contribution in [2.45, 2.75) is 32.6 Å². The molecule has 2 aromatic rings. The zero-order valence-corrected chi connectivity index (χ0v) is 16.6. The number of aryl methyl sites for hydroxylation is 2. The fourth-order valence-corrected chi connectivity index (χ4v) is 4.57. The summed E-state index contributed by atoms with van der Waals surface area (Å²) in [6.07, 6.45) is 3.97. The van der Waals surface area contributed by atoms with Gasteiger partial charge in [0.1, 0.15) is 10.8 Å². The summed E-state index contributed by atoms with van der Waals surface area (Å²) in [5.74, 6) is 0.187. The average molecular weight is 388 g/mol. The molecule has 1 aromatic carbocycles. The topological polar surface area (TPSA) is 76.7 Å². The maximum atomic E-state index is 12.5. The van der Waals surface area contributed by atoms with Gasteiger partial charge in [0.15, 0.2) is 0 Å². The highest BCUT2D eigenvalue weighted by Crippen LogP contribution is 2.38. The lowest BCUT2D eigenvalue weighted by atomic mass is 9.95. The van der Waals surface area contributed by atoms with Gasteiger partial charge < -0.3 is 20.1 Å². The van der Waals surface area contributed by atoms with Crippen LogP contribution < -0.4 is 15.4 Å². The summed E-state index contributed by atoms with van der Waals surface area (Å²) in [7, 11) is 2.99. The molecule has 0 unspecified atom stereocenters. The van der Waals surface area contributed by atoms with Crippen molar-refractivity contribution in [2.24, 2.45) is 0 Å². The number of ether oxygens (including phenoxy) is 2. The van der Waals surface area contributed by atoms with Gasteiger partial charge in [-0.25, -0.2) is 4.79 Å². The summed E-state index contributed by atoms with van der Waals surface area (Å²) >= 11 is 1.49. The Bertz CT molecular complexity index is 860. The van der Waals surface area contributed by atoms with Crippen LogP contribution in [-0.4, -0.2) is 32.6 Å². The van der Waals surface area contributed by atoms with Crippen LogP contribution >= 0.6 is 11.3 Å². The number of rotatable bonds is 6. The molecule has 0 radical (unpaired) electrons. The largest absolute Gasteiger partial charge is 0.497 e. The van der Waals surface area contributed by atoms with Crippen molar-refractivity contribution in [3.05, 3.63) is 39.8 Å². The van der Waals surface area contributed by atoms with E-state index in [1.54, 1.807) is 7.11 Å². The van der Waals surface area contributed by atoms with Crippen molar-refractivity contribution >= 4 is 33.9 Å². The first-order chi connectivity index (χ1) is 13.0. The highest BCUT2D eigenvalue weighted by molar-refractivity contribution is 7.17. The van der Waals surface area contributed by atoms with Crippen LogP contribution in [0.4, 0.5) is 10.7 Å². The number of fused-ring (bicyclic) bond motifs is 1. The molecule has 1 amide bonds. The standard InChI is InChI=1S/C20H24N2O4S/c1-12-10-13(25-2)8-9-15(12)21-11-17(23)22-19-18(20(24)26-3)14-6-4-5-7-16(14)27-19/h8-10,21H,4-7,11H2,1-3H3,(H,22,23). The molecule has 3 rings (SSSR count). The molecular weight excluding hydrogens is 364 g/mol. The minimum atomic E-state index is -0.386. The van der Waals surface area contributed by atoms with Crippen LogP contribution in [0.5, 0.6) is 5.75 Å². The number of anilines is 2. The van der Waals surface area contributed by atoms with Crippen LogP contribution in [0.3, 0.4) is 0 Å². The van der Waals surface area contributed by atoms with Crippen molar-refractivity contribution in [3.63, 3.8) is 0 Å². The van der Waals surface area contributed by atoms with Gasteiger partial charge in [0.05, 0.1) is 26.3 Å². The quantitative estimate of drug-likeness (QED) is 0.737. The molecule has 1 heterocycles. The van der Waals surface area contributed by atoms with E-state index in [1.165, 1.54) is 23.3 Å². The van der Waals surface area contributed by atoms with Crippen molar-refractivity contribution in [2.75, 3.05) is 31.4 Å². The summed E-state index contributed by atoms with van der Waals surface area (Å²) in [6, 6.07) is 5.63. The predicted octanol–water partition coefficient (Wildman–Crippen LogP) is 3.78. The number of esters is 1. The van der Waals surface area contributed by atoms with E-state index in [4.69, 9.17) is 9.47 Å². The van der Waals surface area contributed by atoms with Crippen LogP contribution in [0, 0.1) is 6.92 Å². The molecule has 0 fully saturated rings. The maximum Gasteiger partial charge on any atom is 0.341 e. The second-order valence-electron chi connectivity index (χ2n) is 6.49. The minimum Gasteiger partial charge on any atom is -0.497 e. The molecule has 1 aliphatic rings. The lowest BCUT2D eigenvalue weighted by Gasteiger charge is -2.12. The number of hydrogen-bond acceptors (Lipinski definition) is 6. The summed E-state index contributed by atoms with van der Waals surface area (Å²) < 4.78 is 10.1.